The molecule has 0 atom stereocenters. The predicted molar refractivity (Wildman–Crippen MR) is 77.5 cm³/mol. The van der Waals surface area contributed by atoms with Crippen LogP contribution >= 0.6 is 38.6 Å². The van der Waals surface area contributed by atoms with Gasteiger partial charge in [-0.1, -0.05) is 0 Å². The van der Waals surface area contributed by atoms with Crippen molar-refractivity contribution in [1.82, 2.24) is 4.98 Å². The molecule has 0 spiro atoms. The van der Waals surface area contributed by atoms with E-state index >= 15 is 0 Å². The number of halogens is 1. The van der Waals surface area contributed by atoms with E-state index in [0.29, 0.717) is 6.04 Å². The van der Waals surface area contributed by atoms with Crippen LogP contribution in [0.5, 0.6) is 0 Å². The first kappa shape index (κ1) is 11.8. The zero-order valence-electron chi connectivity index (χ0n) is 9.23. The Balaban J connectivity index is 1.70. The average Bonchev–Trinajstić information content (AvgIpc) is 2.84. The summed E-state index contributed by atoms with van der Waals surface area (Å²) in [5.74, 6) is 0.763. The summed E-state index contributed by atoms with van der Waals surface area (Å²) < 4.78 is 1.14. The van der Waals surface area contributed by atoms with Crippen LogP contribution in [0.15, 0.2) is 21.3 Å². The van der Waals surface area contributed by atoms with E-state index in [1.807, 2.05) is 0 Å². The largest absolute Gasteiger partial charge is 0.328 e. The summed E-state index contributed by atoms with van der Waals surface area (Å²) in [5, 5.41) is 5.51. The van der Waals surface area contributed by atoms with E-state index in [9.17, 15) is 0 Å². The lowest BCUT2D eigenvalue weighted by atomic mass is 9.79. The summed E-state index contributed by atoms with van der Waals surface area (Å²) in [4.78, 5) is 5.95. The fraction of sp³-hybridized carbons (Fsp3) is 0.417. The number of thiazole rings is 1. The van der Waals surface area contributed by atoms with E-state index in [-0.39, 0.29) is 0 Å². The molecular weight excluding hydrogens is 316 g/mol. The number of hydrogen-bond acceptors (Lipinski definition) is 4. The van der Waals surface area contributed by atoms with Crippen molar-refractivity contribution in [2.24, 2.45) is 11.7 Å². The molecule has 2 aromatic rings. The van der Waals surface area contributed by atoms with E-state index in [0.717, 1.165) is 22.5 Å². The molecule has 90 valence electrons. The Labute approximate surface area is 117 Å². The van der Waals surface area contributed by atoms with Gasteiger partial charge in [0.1, 0.15) is 0 Å². The molecule has 2 heterocycles. The molecule has 0 aliphatic heterocycles. The highest BCUT2D eigenvalue weighted by molar-refractivity contribution is 9.10. The van der Waals surface area contributed by atoms with Crippen LogP contribution in [0.2, 0.25) is 0 Å². The predicted octanol–water partition coefficient (Wildman–Crippen LogP) is 3.91. The van der Waals surface area contributed by atoms with Gasteiger partial charge in [-0.25, -0.2) is 4.98 Å². The Morgan fingerprint density at radius 2 is 2.18 bits per heavy atom. The number of nitrogens with two attached hydrogens (primary N) is 1. The highest BCUT2D eigenvalue weighted by Gasteiger charge is 2.26. The van der Waals surface area contributed by atoms with Crippen LogP contribution in [-0.2, 0) is 6.42 Å². The Morgan fingerprint density at radius 1 is 1.35 bits per heavy atom. The van der Waals surface area contributed by atoms with Crippen molar-refractivity contribution >= 4 is 38.6 Å². The van der Waals surface area contributed by atoms with E-state index in [2.05, 4.69) is 32.8 Å². The molecule has 0 unspecified atom stereocenters. The fourth-order valence-electron chi connectivity index (χ4n) is 2.17. The molecule has 2 N–H and O–H groups in total. The highest BCUT2D eigenvalue weighted by Crippen LogP contribution is 2.33. The Hall–Kier alpha value is -0.230. The van der Waals surface area contributed by atoms with Gasteiger partial charge in [0, 0.05) is 27.7 Å². The maximum Gasteiger partial charge on any atom is 0.0935 e. The average molecular weight is 329 g/mol. The van der Waals surface area contributed by atoms with Crippen molar-refractivity contribution in [3.63, 3.8) is 0 Å². The molecule has 0 bridgehead atoms. The second-order valence-electron chi connectivity index (χ2n) is 4.56. The van der Waals surface area contributed by atoms with Crippen LogP contribution in [0.3, 0.4) is 0 Å². The summed E-state index contributed by atoms with van der Waals surface area (Å²) >= 11 is 6.98. The lowest BCUT2D eigenvalue weighted by Crippen LogP contribution is -2.37. The van der Waals surface area contributed by atoms with Gasteiger partial charge in [0.25, 0.3) is 0 Å². The van der Waals surface area contributed by atoms with Gasteiger partial charge in [0.2, 0.25) is 0 Å². The van der Waals surface area contributed by atoms with E-state index in [1.54, 1.807) is 22.7 Å². The molecule has 2 nitrogen and oxygen atoms in total. The molecule has 0 saturated heterocycles. The minimum Gasteiger partial charge on any atom is -0.328 e. The minimum atomic E-state index is 0.438. The smallest absolute Gasteiger partial charge is 0.0935 e. The van der Waals surface area contributed by atoms with Crippen molar-refractivity contribution in [2.75, 3.05) is 0 Å². The number of aromatic nitrogens is 1. The summed E-state index contributed by atoms with van der Waals surface area (Å²) in [6.45, 7) is 0. The monoisotopic (exact) mass is 328 g/mol. The molecule has 2 aromatic heterocycles. The van der Waals surface area contributed by atoms with Gasteiger partial charge >= 0.3 is 0 Å². The number of hydrogen-bond donors (Lipinski definition) is 1. The van der Waals surface area contributed by atoms with Crippen LogP contribution in [0.25, 0.3) is 10.6 Å². The molecule has 0 amide bonds. The maximum absolute atomic E-state index is 5.80. The lowest BCUT2D eigenvalue weighted by Gasteiger charge is -2.31. The van der Waals surface area contributed by atoms with Crippen LogP contribution in [0, 0.1) is 5.92 Å². The summed E-state index contributed by atoms with van der Waals surface area (Å²) in [5.41, 5.74) is 6.92. The highest BCUT2D eigenvalue weighted by atomic mass is 79.9. The SMILES string of the molecule is NC1CC(Cc2nc(-c3cc(Br)cs3)cs2)C1. The standard InChI is InChI=1S/C12H13BrN2S2/c13-8-4-11(16-5-8)10-6-17-12(15-10)3-7-1-9(14)2-7/h4-7,9H,1-3,14H2. The van der Waals surface area contributed by atoms with Gasteiger partial charge in [-0.3, -0.25) is 0 Å². The molecule has 3 rings (SSSR count). The van der Waals surface area contributed by atoms with Crippen LogP contribution in [-0.4, -0.2) is 11.0 Å². The zero-order valence-corrected chi connectivity index (χ0v) is 12.4. The minimum absolute atomic E-state index is 0.438. The van der Waals surface area contributed by atoms with Crippen molar-refractivity contribution in [3.05, 3.63) is 26.3 Å². The molecular formula is C12H13BrN2S2. The van der Waals surface area contributed by atoms with Crippen molar-refractivity contribution in [2.45, 2.75) is 25.3 Å². The molecule has 5 heteroatoms. The first-order valence-electron chi connectivity index (χ1n) is 5.65. The third kappa shape index (κ3) is 2.62. The Morgan fingerprint density at radius 3 is 2.82 bits per heavy atom. The third-order valence-corrected chi connectivity index (χ3v) is 5.69. The first-order chi connectivity index (χ1) is 8.20. The molecule has 0 radical (unpaired) electrons. The van der Waals surface area contributed by atoms with Gasteiger partial charge < -0.3 is 5.73 Å². The van der Waals surface area contributed by atoms with Crippen molar-refractivity contribution in [1.29, 1.82) is 0 Å². The summed E-state index contributed by atoms with van der Waals surface area (Å²) in [6, 6.07) is 2.57. The van der Waals surface area contributed by atoms with E-state index in [4.69, 9.17) is 10.7 Å². The Kier molecular flexibility index (Phi) is 3.34. The molecule has 1 saturated carbocycles. The van der Waals surface area contributed by atoms with Crippen LogP contribution in [0.4, 0.5) is 0 Å². The second-order valence-corrected chi connectivity index (χ2v) is 7.33. The normalized spacial score (nSPS) is 23.6. The fourth-order valence-corrected chi connectivity index (χ4v) is 4.54. The number of rotatable bonds is 3. The van der Waals surface area contributed by atoms with Gasteiger partial charge in [-0.2, -0.15) is 0 Å². The topological polar surface area (TPSA) is 38.9 Å². The number of nitrogens with zero attached hydrogens (tertiary/aromatic N) is 1. The van der Waals surface area contributed by atoms with Crippen molar-refractivity contribution < 1.29 is 0 Å². The lowest BCUT2D eigenvalue weighted by molar-refractivity contribution is 0.264. The maximum atomic E-state index is 5.80. The Bertz CT molecular complexity index is 514. The third-order valence-electron chi connectivity index (χ3n) is 3.11. The molecule has 17 heavy (non-hydrogen) atoms. The zero-order chi connectivity index (χ0) is 11.8. The molecule has 1 aliphatic carbocycles. The van der Waals surface area contributed by atoms with Crippen molar-refractivity contribution in [3.8, 4) is 10.6 Å². The number of thiophene rings is 1. The van der Waals surface area contributed by atoms with Crippen LogP contribution in [0.1, 0.15) is 17.8 Å². The summed E-state index contributed by atoms with van der Waals surface area (Å²) in [6.07, 6.45) is 3.43. The molecule has 1 aliphatic rings. The van der Waals surface area contributed by atoms with Crippen LogP contribution < -0.4 is 5.73 Å². The molecule has 1 fully saturated rings. The summed E-state index contributed by atoms with van der Waals surface area (Å²) in [7, 11) is 0. The quantitative estimate of drug-likeness (QED) is 0.927. The molecule has 0 aromatic carbocycles. The van der Waals surface area contributed by atoms with Gasteiger partial charge in [0.05, 0.1) is 15.6 Å². The van der Waals surface area contributed by atoms with Gasteiger partial charge in [0.15, 0.2) is 0 Å². The van der Waals surface area contributed by atoms with Gasteiger partial charge in [-0.15, -0.1) is 22.7 Å². The first-order valence-corrected chi connectivity index (χ1v) is 8.20. The van der Waals surface area contributed by atoms with E-state index in [1.165, 1.54) is 22.7 Å². The van der Waals surface area contributed by atoms with E-state index < -0.39 is 0 Å². The van der Waals surface area contributed by atoms with Gasteiger partial charge in [-0.05, 0) is 40.8 Å². The second kappa shape index (κ2) is 4.80.